The first-order chi connectivity index (χ1) is 18.6. The topological polar surface area (TPSA) is 74.9 Å². The van der Waals surface area contributed by atoms with Gasteiger partial charge < -0.3 is 24.3 Å². The number of piperidine rings is 1. The van der Waals surface area contributed by atoms with Gasteiger partial charge in [0, 0.05) is 54.3 Å². The van der Waals surface area contributed by atoms with E-state index in [2.05, 4.69) is 4.98 Å². The van der Waals surface area contributed by atoms with Crippen LogP contribution in [0.4, 0.5) is 0 Å². The van der Waals surface area contributed by atoms with Crippen molar-refractivity contribution in [3.8, 4) is 5.75 Å². The van der Waals surface area contributed by atoms with Gasteiger partial charge in [0.25, 0.3) is 11.8 Å². The average Bonchev–Trinajstić information content (AvgIpc) is 3.62. The van der Waals surface area contributed by atoms with Crippen molar-refractivity contribution < 1.29 is 19.1 Å². The van der Waals surface area contributed by atoms with E-state index in [0.29, 0.717) is 37.6 Å². The third kappa shape index (κ3) is 5.04. The first-order valence-corrected chi connectivity index (χ1v) is 14.1. The number of rotatable bonds is 1. The summed E-state index contributed by atoms with van der Waals surface area (Å²) in [4.78, 5) is 34.0. The van der Waals surface area contributed by atoms with Gasteiger partial charge in [-0.15, -0.1) is 0 Å². The Balaban J connectivity index is 1.18. The molecule has 2 saturated heterocycles. The monoisotopic (exact) mass is 515 g/mol. The summed E-state index contributed by atoms with van der Waals surface area (Å²) in [5.41, 5.74) is 2.39. The van der Waals surface area contributed by atoms with Crippen molar-refractivity contribution in [1.82, 2.24) is 14.8 Å². The van der Waals surface area contributed by atoms with Crippen LogP contribution in [-0.2, 0) is 4.74 Å². The predicted molar refractivity (Wildman–Crippen MR) is 147 cm³/mol. The van der Waals surface area contributed by atoms with Gasteiger partial charge in [0.1, 0.15) is 5.75 Å². The number of aromatic nitrogens is 1. The number of H-pyrrole nitrogens is 1. The number of amides is 2. The third-order valence-corrected chi connectivity index (χ3v) is 8.76. The van der Waals surface area contributed by atoms with Crippen LogP contribution in [0.1, 0.15) is 65.7 Å². The number of carbonyl (C=O) groups is 2. The molecule has 1 atom stereocenters. The Labute approximate surface area is 224 Å². The van der Waals surface area contributed by atoms with Gasteiger partial charge in [0.15, 0.2) is 0 Å². The lowest BCUT2D eigenvalue weighted by Crippen LogP contribution is -2.45. The Hall–Kier alpha value is -3.32. The molecule has 3 aliphatic heterocycles. The number of nitrogens with one attached hydrogen (secondary N) is 1. The molecule has 1 N–H and O–H groups in total. The predicted octanol–water partition coefficient (Wildman–Crippen LogP) is 5.27. The van der Waals surface area contributed by atoms with Gasteiger partial charge in [-0.2, -0.15) is 0 Å². The smallest absolute Gasteiger partial charge is 0.257 e. The van der Waals surface area contributed by atoms with Gasteiger partial charge in [-0.05, 0) is 74.9 Å². The second-order valence-electron chi connectivity index (χ2n) is 11.2. The van der Waals surface area contributed by atoms with Gasteiger partial charge in [-0.1, -0.05) is 18.6 Å². The van der Waals surface area contributed by atoms with Crippen molar-refractivity contribution in [2.24, 2.45) is 5.41 Å². The highest BCUT2D eigenvalue weighted by atomic mass is 16.5. The highest BCUT2D eigenvalue weighted by molar-refractivity contribution is 5.98. The van der Waals surface area contributed by atoms with Crippen LogP contribution >= 0.6 is 0 Å². The zero-order chi connectivity index (χ0) is 26.0. The van der Waals surface area contributed by atoms with E-state index in [1.54, 1.807) is 0 Å². The molecule has 0 unspecified atom stereocenters. The molecule has 7 heteroatoms. The minimum Gasteiger partial charge on any atom is -0.492 e. The number of likely N-dealkylation sites (tertiary alicyclic amines) is 1. The molecule has 1 aromatic heterocycles. The van der Waals surface area contributed by atoms with Gasteiger partial charge in [-0.3, -0.25) is 9.59 Å². The Morgan fingerprint density at radius 3 is 2.74 bits per heavy atom. The number of carbonyl (C=O) groups excluding carboxylic acids is 2. The summed E-state index contributed by atoms with van der Waals surface area (Å²) < 4.78 is 12.5. The number of hydrogen-bond donors (Lipinski definition) is 1. The first kappa shape index (κ1) is 25.0. The van der Waals surface area contributed by atoms with Crippen molar-refractivity contribution in [1.29, 1.82) is 0 Å². The Morgan fingerprint density at radius 2 is 1.84 bits per heavy atom. The summed E-state index contributed by atoms with van der Waals surface area (Å²) in [6, 6.07) is 15.7. The van der Waals surface area contributed by atoms with E-state index in [-0.39, 0.29) is 23.3 Å². The van der Waals surface area contributed by atoms with E-state index in [4.69, 9.17) is 9.47 Å². The maximum atomic E-state index is 13.5. The van der Waals surface area contributed by atoms with Crippen LogP contribution < -0.4 is 4.74 Å². The standard InChI is InChI=1S/C31H37N3O4/c35-29(24-9-10-27-23(20-24)11-15-32-27)33-17-13-31(14-18-33)12-3-4-19-37-21-25-6-5-16-34(25)30(36)26-7-1-2-8-28(26)38-22-31/h1-2,7-11,15,20,25,32H,3-6,12-14,16-19,21-22H2/t25-/m0/s1. The largest absolute Gasteiger partial charge is 0.492 e. The van der Waals surface area contributed by atoms with Gasteiger partial charge in [-0.25, -0.2) is 0 Å². The van der Waals surface area contributed by atoms with E-state index in [1.165, 1.54) is 0 Å². The normalized spacial score (nSPS) is 22.5. The molecule has 2 aromatic carbocycles. The SMILES string of the molecule is O=C(c1ccc2[nH]ccc2c1)N1CCC2(CCCCOC[C@@H]3CCCN3C(=O)c3ccccc3OC2)CC1. The van der Waals surface area contributed by atoms with Crippen LogP contribution in [0, 0.1) is 5.41 Å². The van der Waals surface area contributed by atoms with Gasteiger partial charge in [0.05, 0.1) is 24.8 Å². The molecule has 0 bridgehead atoms. The number of fused-ring (bicyclic) bond motifs is 3. The molecule has 0 radical (unpaired) electrons. The van der Waals surface area contributed by atoms with Crippen molar-refractivity contribution in [3.05, 3.63) is 65.9 Å². The highest BCUT2D eigenvalue weighted by Crippen LogP contribution is 2.39. The minimum absolute atomic E-state index is 0.0299. The molecule has 38 heavy (non-hydrogen) atoms. The zero-order valence-electron chi connectivity index (χ0n) is 22.0. The van der Waals surface area contributed by atoms with E-state index >= 15 is 0 Å². The number of nitrogens with zero attached hydrogens (tertiary/aromatic N) is 2. The highest BCUT2D eigenvalue weighted by Gasteiger charge is 2.38. The molecule has 1 spiro atoms. The number of benzene rings is 2. The first-order valence-electron chi connectivity index (χ1n) is 14.1. The van der Waals surface area contributed by atoms with Crippen LogP contribution in [-0.4, -0.2) is 72.1 Å². The minimum atomic E-state index is -0.0299. The quantitative estimate of drug-likeness (QED) is 0.479. The van der Waals surface area contributed by atoms with E-state index in [1.807, 2.05) is 64.5 Å². The molecule has 0 saturated carbocycles. The summed E-state index contributed by atoms with van der Waals surface area (Å²) in [5.74, 6) is 0.797. The van der Waals surface area contributed by atoms with E-state index < -0.39 is 0 Å². The van der Waals surface area contributed by atoms with Gasteiger partial charge >= 0.3 is 0 Å². The van der Waals surface area contributed by atoms with Crippen LogP contribution in [0.5, 0.6) is 5.75 Å². The molecule has 6 rings (SSSR count). The van der Waals surface area contributed by atoms with Crippen molar-refractivity contribution in [2.75, 3.05) is 39.5 Å². The van der Waals surface area contributed by atoms with E-state index in [0.717, 1.165) is 74.6 Å². The maximum Gasteiger partial charge on any atom is 0.257 e. The van der Waals surface area contributed by atoms with Crippen LogP contribution in [0.15, 0.2) is 54.7 Å². The molecule has 3 aromatic rings. The molecule has 200 valence electrons. The van der Waals surface area contributed by atoms with Gasteiger partial charge in [0.2, 0.25) is 0 Å². The lowest BCUT2D eigenvalue weighted by molar-refractivity contribution is 0.0303. The Morgan fingerprint density at radius 1 is 0.974 bits per heavy atom. The van der Waals surface area contributed by atoms with Crippen LogP contribution in [0.3, 0.4) is 0 Å². The lowest BCUT2D eigenvalue weighted by Gasteiger charge is -2.42. The van der Waals surface area contributed by atoms with Crippen molar-refractivity contribution in [3.63, 3.8) is 0 Å². The zero-order valence-corrected chi connectivity index (χ0v) is 22.0. The number of hydrogen-bond acceptors (Lipinski definition) is 4. The summed E-state index contributed by atoms with van der Waals surface area (Å²) in [7, 11) is 0. The molecule has 0 aliphatic carbocycles. The van der Waals surface area contributed by atoms with Crippen molar-refractivity contribution in [2.45, 2.75) is 51.0 Å². The molecule has 3 aliphatic rings. The van der Waals surface area contributed by atoms with E-state index in [9.17, 15) is 9.59 Å². The van der Waals surface area contributed by atoms with Crippen LogP contribution in [0.25, 0.3) is 10.9 Å². The second kappa shape index (κ2) is 10.8. The fourth-order valence-electron chi connectivity index (χ4n) is 6.37. The van der Waals surface area contributed by atoms with Crippen molar-refractivity contribution >= 4 is 22.7 Å². The maximum absolute atomic E-state index is 13.5. The molecular formula is C31H37N3O4. The second-order valence-corrected chi connectivity index (χ2v) is 11.2. The lowest BCUT2D eigenvalue weighted by atomic mass is 9.75. The molecule has 7 nitrogen and oxygen atoms in total. The molecule has 4 heterocycles. The number of para-hydroxylation sites is 1. The molecule has 2 amide bonds. The molecular weight excluding hydrogens is 478 g/mol. The number of ether oxygens (including phenoxy) is 2. The number of aromatic amines is 1. The summed E-state index contributed by atoms with van der Waals surface area (Å²) in [6.07, 6.45) is 8.77. The molecule has 2 fully saturated rings. The fourth-order valence-corrected chi connectivity index (χ4v) is 6.37. The van der Waals surface area contributed by atoms with Crippen LogP contribution in [0.2, 0.25) is 0 Å². The Kier molecular flexibility index (Phi) is 7.11. The Bertz CT molecular complexity index is 1290. The average molecular weight is 516 g/mol. The summed E-state index contributed by atoms with van der Waals surface area (Å²) in [6.45, 7) is 4.06. The summed E-state index contributed by atoms with van der Waals surface area (Å²) in [5, 5.41) is 1.06. The summed E-state index contributed by atoms with van der Waals surface area (Å²) >= 11 is 0. The fraction of sp³-hybridized carbons (Fsp3) is 0.484. The third-order valence-electron chi connectivity index (χ3n) is 8.76.